The zero-order valence-corrected chi connectivity index (χ0v) is 8.55. The quantitative estimate of drug-likeness (QED) is 0.619. The highest BCUT2D eigenvalue weighted by Crippen LogP contribution is 2.26. The van der Waals surface area contributed by atoms with Crippen LogP contribution in [-0.4, -0.2) is 11.6 Å². The van der Waals surface area contributed by atoms with Crippen LogP contribution in [0, 0.1) is 5.92 Å². The van der Waals surface area contributed by atoms with Gasteiger partial charge in [0.15, 0.2) is 0 Å². The number of hydrogen-bond acceptors (Lipinski definition) is 1. The molecule has 0 aromatic rings. The van der Waals surface area contributed by atoms with Crippen molar-refractivity contribution in [2.24, 2.45) is 5.92 Å². The molecular formula is C10H22O2. The fourth-order valence-corrected chi connectivity index (χ4v) is 1.42. The van der Waals surface area contributed by atoms with E-state index < -0.39 is 0 Å². The standard InChI is InChI=1S/C7H14.C2H6.CH2O2/c1-2-7-5-3-4-6-7;1-2;2-1-3/h7H,2-6H2,1H3;1-2H3;1H,(H,2,3). The van der Waals surface area contributed by atoms with Crippen LogP contribution in [0.4, 0.5) is 0 Å². The summed E-state index contributed by atoms with van der Waals surface area (Å²) in [6.45, 7) is 6.05. The maximum atomic E-state index is 8.36. The highest BCUT2D eigenvalue weighted by atomic mass is 16.3. The summed E-state index contributed by atoms with van der Waals surface area (Å²) in [6.07, 6.45) is 7.43. The predicted octanol–water partition coefficient (Wildman–Crippen LogP) is 3.31. The van der Waals surface area contributed by atoms with Gasteiger partial charge in [0.05, 0.1) is 0 Å². The Morgan fingerprint density at radius 1 is 1.33 bits per heavy atom. The van der Waals surface area contributed by atoms with Crippen LogP contribution in [0.5, 0.6) is 0 Å². The van der Waals surface area contributed by atoms with Gasteiger partial charge in [-0.2, -0.15) is 0 Å². The molecule has 2 heteroatoms. The minimum Gasteiger partial charge on any atom is -0.483 e. The van der Waals surface area contributed by atoms with Crippen molar-refractivity contribution in [2.45, 2.75) is 52.9 Å². The Kier molecular flexibility index (Phi) is 15.3. The largest absolute Gasteiger partial charge is 0.483 e. The van der Waals surface area contributed by atoms with E-state index in [0.717, 1.165) is 5.92 Å². The van der Waals surface area contributed by atoms with Crippen LogP contribution < -0.4 is 0 Å². The Hall–Kier alpha value is -0.530. The normalized spacial score (nSPS) is 15.2. The van der Waals surface area contributed by atoms with Gasteiger partial charge in [0.2, 0.25) is 0 Å². The lowest BCUT2D eigenvalue weighted by Gasteiger charge is -1.99. The molecule has 0 heterocycles. The van der Waals surface area contributed by atoms with Crippen molar-refractivity contribution < 1.29 is 9.90 Å². The van der Waals surface area contributed by atoms with Gasteiger partial charge < -0.3 is 5.11 Å². The molecule has 0 aromatic carbocycles. The van der Waals surface area contributed by atoms with Gasteiger partial charge >= 0.3 is 0 Å². The van der Waals surface area contributed by atoms with Gasteiger partial charge in [-0.3, -0.25) is 4.79 Å². The smallest absolute Gasteiger partial charge is 0.290 e. The summed E-state index contributed by atoms with van der Waals surface area (Å²) in [4.78, 5) is 8.36. The van der Waals surface area contributed by atoms with Crippen LogP contribution in [0.1, 0.15) is 52.9 Å². The molecule has 1 rings (SSSR count). The molecular weight excluding hydrogens is 152 g/mol. The first-order valence-corrected chi connectivity index (χ1v) is 4.93. The van der Waals surface area contributed by atoms with E-state index in [1.807, 2.05) is 13.8 Å². The molecule has 2 nitrogen and oxygen atoms in total. The van der Waals surface area contributed by atoms with Crippen LogP contribution in [0.2, 0.25) is 0 Å². The van der Waals surface area contributed by atoms with Crippen molar-refractivity contribution in [3.8, 4) is 0 Å². The van der Waals surface area contributed by atoms with Crippen molar-refractivity contribution in [3.05, 3.63) is 0 Å². The van der Waals surface area contributed by atoms with E-state index in [4.69, 9.17) is 9.90 Å². The Morgan fingerprint density at radius 3 is 1.83 bits per heavy atom. The molecule has 12 heavy (non-hydrogen) atoms. The molecule has 0 amide bonds. The molecule has 1 fully saturated rings. The molecule has 0 unspecified atom stereocenters. The van der Waals surface area contributed by atoms with Gasteiger partial charge in [0.25, 0.3) is 6.47 Å². The second-order valence-electron chi connectivity index (χ2n) is 2.66. The van der Waals surface area contributed by atoms with Gasteiger partial charge in [0, 0.05) is 0 Å². The van der Waals surface area contributed by atoms with E-state index in [2.05, 4.69) is 6.92 Å². The van der Waals surface area contributed by atoms with E-state index in [-0.39, 0.29) is 6.47 Å². The van der Waals surface area contributed by atoms with Crippen molar-refractivity contribution in [1.29, 1.82) is 0 Å². The second kappa shape index (κ2) is 13.1. The van der Waals surface area contributed by atoms with E-state index in [1.165, 1.54) is 32.1 Å². The molecule has 0 spiro atoms. The molecule has 74 valence electrons. The fourth-order valence-electron chi connectivity index (χ4n) is 1.42. The zero-order chi connectivity index (χ0) is 9.82. The molecule has 0 radical (unpaired) electrons. The van der Waals surface area contributed by atoms with Crippen LogP contribution >= 0.6 is 0 Å². The lowest BCUT2D eigenvalue weighted by molar-refractivity contribution is -0.122. The van der Waals surface area contributed by atoms with E-state index in [1.54, 1.807) is 0 Å². The molecule has 0 bridgehead atoms. The topological polar surface area (TPSA) is 37.3 Å². The van der Waals surface area contributed by atoms with E-state index in [9.17, 15) is 0 Å². The van der Waals surface area contributed by atoms with Gasteiger partial charge in [-0.25, -0.2) is 0 Å². The summed E-state index contributed by atoms with van der Waals surface area (Å²) < 4.78 is 0. The lowest BCUT2D eigenvalue weighted by atomic mass is 10.1. The van der Waals surface area contributed by atoms with Gasteiger partial charge in [-0.05, 0) is 5.92 Å². The molecule has 0 aliphatic heterocycles. The van der Waals surface area contributed by atoms with Gasteiger partial charge in [-0.1, -0.05) is 52.9 Å². The molecule has 0 aromatic heterocycles. The first-order valence-electron chi connectivity index (χ1n) is 4.93. The summed E-state index contributed by atoms with van der Waals surface area (Å²) in [7, 11) is 0. The maximum absolute atomic E-state index is 8.36. The Labute approximate surface area is 76.0 Å². The minimum absolute atomic E-state index is 0.250. The summed E-state index contributed by atoms with van der Waals surface area (Å²) >= 11 is 0. The molecule has 0 atom stereocenters. The molecule has 1 saturated carbocycles. The first-order chi connectivity index (χ1) is 5.85. The highest BCUT2D eigenvalue weighted by molar-refractivity contribution is 5.32. The Balaban J connectivity index is 0. The minimum atomic E-state index is -0.250. The summed E-state index contributed by atoms with van der Waals surface area (Å²) in [5.74, 6) is 1.10. The first kappa shape index (κ1) is 14.0. The van der Waals surface area contributed by atoms with E-state index >= 15 is 0 Å². The summed E-state index contributed by atoms with van der Waals surface area (Å²) in [5.41, 5.74) is 0. The third kappa shape index (κ3) is 9.47. The van der Waals surface area contributed by atoms with Crippen LogP contribution in [0.3, 0.4) is 0 Å². The average Bonchev–Trinajstić information content (AvgIpc) is 2.61. The summed E-state index contributed by atoms with van der Waals surface area (Å²) in [6, 6.07) is 0. The van der Waals surface area contributed by atoms with Gasteiger partial charge in [-0.15, -0.1) is 0 Å². The average molecular weight is 174 g/mol. The van der Waals surface area contributed by atoms with Crippen LogP contribution in [-0.2, 0) is 4.79 Å². The van der Waals surface area contributed by atoms with Crippen molar-refractivity contribution in [2.75, 3.05) is 0 Å². The lowest BCUT2D eigenvalue weighted by Crippen LogP contribution is -1.86. The Morgan fingerprint density at radius 2 is 1.67 bits per heavy atom. The monoisotopic (exact) mass is 174 g/mol. The third-order valence-corrected chi connectivity index (χ3v) is 2.05. The van der Waals surface area contributed by atoms with Gasteiger partial charge in [0.1, 0.15) is 0 Å². The number of hydrogen-bond donors (Lipinski definition) is 1. The van der Waals surface area contributed by atoms with Crippen LogP contribution in [0.15, 0.2) is 0 Å². The fraction of sp³-hybridized carbons (Fsp3) is 0.900. The molecule has 0 saturated heterocycles. The van der Waals surface area contributed by atoms with Crippen molar-refractivity contribution >= 4 is 6.47 Å². The molecule has 1 aliphatic rings. The third-order valence-electron chi connectivity index (χ3n) is 2.05. The number of rotatable bonds is 1. The highest BCUT2D eigenvalue weighted by Gasteiger charge is 2.11. The van der Waals surface area contributed by atoms with Crippen molar-refractivity contribution in [1.82, 2.24) is 0 Å². The summed E-state index contributed by atoms with van der Waals surface area (Å²) in [5, 5.41) is 6.89. The maximum Gasteiger partial charge on any atom is 0.290 e. The Bertz CT molecular complexity index is 75.9. The molecule has 1 N–H and O–H groups in total. The predicted molar refractivity (Wildman–Crippen MR) is 52.3 cm³/mol. The number of carbonyl (C=O) groups is 1. The second-order valence-corrected chi connectivity index (χ2v) is 2.66. The molecule has 1 aliphatic carbocycles. The van der Waals surface area contributed by atoms with Crippen LogP contribution in [0.25, 0.3) is 0 Å². The van der Waals surface area contributed by atoms with Crippen molar-refractivity contribution in [3.63, 3.8) is 0 Å². The van der Waals surface area contributed by atoms with E-state index in [0.29, 0.717) is 0 Å². The number of carboxylic acid groups (broad SMARTS) is 1. The SMILES string of the molecule is CC.CCC1CCCC1.O=CO. The zero-order valence-electron chi connectivity index (χ0n) is 8.55.